The molecule has 0 saturated carbocycles. The monoisotopic (exact) mass is 175 g/mol. The first-order chi connectivity index (χ1) is 6.23. The zero-order valence-electron chi connectivity index (χ0n) is 6.52. The van der Waals surface area contributed by atoms with E-state index >= 15 is 0 Å². The first kappa shape index (κ1) is 6.65. The highest BCUT2D eigenvalue weighted by atomic mass is 16.5. The van der Waals surface area contributed by atoms with Crippen molar-refractivity contribution < 1.29 is 14.6 Å². The second kappa shape index (κ2) is 1.74. The van der Waals surface area contributed by atoms with Gasteiger partial charge in [0.15, 0.2) is 5.60 Å². The van der Waals surface area contributed by atoms with Crippen molar-refractivity contribution >= 4 is 12.2 Å². The van der Waals surface area contributed by atoms with Gasteiger partial charge >= 0.3 is 5.97 Å². The van der Waals surface area contributed by atoms with E-state index in [1.54, 1.807) is 18.5 Å². The van der Waals surface area contributed by atoms with Crippen molar-refractivity contribution in [1.82, 2.24) is 0 Å². The summed E-state index contributed by atoms with van der Waals surface area (Å²) in [5.74, 6) is -0.525. The van der Waals surface area contributed by atoms with Gasteiger partial charge in [0.25, 0.3) is 0 Å². The smallest absolute Gasteiger partial charge is 0.340 e. The summed E-state index contributed by atoms with van der Waals surface area (Å²) in [4.78, 5) is 14.8. The van der Waals surface area contributed by atoms with Crippen LogP contribution in [-0.2, 0) is 9.53 Å². The van der Waals surface area contributed by atoms with E-state index in [0.717, 1.165) is 0 Å². The predicted molar refractivity (Wildman–Crippen MR) is 44.2 cm³/mol. The highest BCUT2D eigenvalue weighted by Crippen LogP contribution is 2.46. The zero-order chi connectivity index (χ0) is 9.05. The molecule has 0 aromatic carbocycles. The van der Waals surface area contributed by atoms with Crippen molar-refractivity contribution in [3.63, 3.8) is 0 Å². The van der Waals surface area contributed by atoms with Crippen molar-refractivity contribution in [2.45, 2.75) is 5.60 Å². The molecule has 0 radical (unpaired) electrons. The molecule has 0 aromatic rings. The molecular formula is C9H5NO3. The van der Waals surface area contributed by atoms with Gasteiger partial charge in [-0.05, 0) is 12.2 Å². The number of rotatable bonds is 1. The molecule has 3 aliphatic rings. The number of carbonyl (C=O) groups is 1. The fourth-order valence-corrected chi connectivity index (χ4v) is 1.80. The molecule has 0 fully saturated rings. The second-order valence-corrected chi connectivity index (χ2v) is 3.09. The lowest BCUT2D eigenvalue weighted by Crippen LogP contribution is -2.26. The van der Waals surface area contributed by atoms with Crippen LogP contribution in [0, 0.1) is 0 Å². The number of allylic oxidation sites excluding steroid dienone is 1. The fraction of sp³-hybridized carbons (Fsp3) is 0.111. The van der Waals surface area contributed by atoms with Gasteiger partial charge in [-0.2, -0.15) is 0 Å². The molecule has 3 aliphatic heterocycles. The van der Waals surface area contributed by atoms with Gasteiger partial charge in [0.05, 0.1) is 6.21 Å². The molecule has 0 saturated heterocycles. The fourth-order valence-electron chi connectivity index (χ4n) is 1.80. The zero-order valence-corrected chi connectivity index (χ0v) is 6.52. The Morgan fingerprint density at radius 1 is 1.62 bits per heavy atom. The topological polar surface area (TPSA) is 58.9 Å². The van der Waals surface area contributed by atoms with Crippen LogP contribution in [0.3, 0.4) is 0 Å². The Kier molecular flexibility index (Phi) is 0.888. The maximum atomic E-state index is 10.9. The SMILES string of the molecule is O=C(O)C1=C2C=CC3(C=NC=C13)O2. The second-order valence-electron chi connectivity index (χ2n) is 3.09. The predicted octanol–water partition coefficient (Wildman–Crippen LogP) is 0.632. The largest absolute Gasteiger partial charge is 0.478 e. The number of aliphatic imine (C=N–C) groups is 1. The number of carboxylic acids is 1. The minimum atomic E-state index is -0.960. The standard InChI is InChI=1S/C9H5NO3/c11-8(12)7-5-3-10-4-9(5)2-1-6(7)13-9/h1-4H,(H,11,12). The van der Waals surface area contributed by atoms with Gasteiger partial charge in [0.1, 0.15) is 11.3 Å². The third-order valence-corrected chi connectivity index (χ3v) is 2.38. The summed E-state index contributed by atoms with van der Waals surface area (Å²) < 4.78 is 5.43. The van der Waals surface area contributed by atoms with E-state index in [0.29, 0.717) is 11.3 Å². The van der Waals surface area contributed by atoms with Gasteiger partial charge in [-0.1, -0.05) is 0 Å². The van der Waals surface area contributed by atoms with Crippen molar-refractivity contribution in [3.05, 3.63) is 35.3 Å². The molecule has 0 aliphatic carbocycles. The molecule has 0 amide bonds. The summed E-state index contributed by atoms with van der Waals surface area (Å²) in [7, 11) is 0. The van der Waals surface area contributed by atoms with Crippen LogP contribution in [0.4, 0.5) is 0 Å². The summed E-state index contributed by atoms with van der Waals surface area (Å²) in [5, 5.41) is 8.91. The lowest BCUT2D eigenvalue weighted by molar-refractivity contribution is -0.132. The lowest BCUT2D eigenvalue weighted by atomic mass is 9.90. The molecule has 64 valence electrons. The Morgan fingerprint density at radius 3 is 3.23 bits per heavy atom. The van der Waals surface area contributed by atoms with E-state index in [4.69, 9.17) is 9.84 Å². The summed E-state index contributed by atoms with van der Waals surface area (Å²) in [5.41, 5.74) is 0.181. The molecule has 3 heterocycles. The van der Waals surface area contributed by atoms with E-state index in [-0.39, 0.29) is 5.57 Å². The van der Waals surface area contributed by atoms with Crippen LogP contribution < -0.4 is 0 Å². The van der Waals surface area contributed by atoms with Crippen LogP contribution >= 0.6 is 0 Å². The number of carboxylic acid groups (broad SMARTS) is 1. The van der Waals surface area contributed by atoms with Crippen LogP contribution in [0.25, 0.3) is 0 Å². The minimum Gasteiger partial charge on any atom is -0.478 e. The molecule has 4 heteroatoms. The van der Waals surface area contributed by atoms with E-state index in [2.05, 4.69) is 4.99 Å². The first-order valence-electron chi connectivity index (χ1n) is 3.84. The number of hydrogen-bond donors (Lipinski definition) is 1. The van der Waals surface area contributed by atoms with Gasteiger partial charge in [-0.25, -0.2) is 4.79 Å². The van der Waals surface area contributed by atoms with Gasteiger partial charge in [-0.15, -0.1) is 0 Å². The van der Waals surface area contributed by atoms with E-state index in [1.807, 2.05) is 6.08 Å². The quantitative estimate of drug-likeness (QED) is 0.635. The average molecular weight is 175 g/mol. The van der Waals surface area contributed by atoms with Crippen molar-refractivity contribution in [3.8, 4) is 0 Å². The molecule has 4 nitrogen and oxygen atoms in total. The van der Waals surface area contributed by atoms with Crippen molar-refractivity contribution in [2.24, 2.45) is 4.99 Å². The number of aliphatic carboxylic acids is 1. The molecule has 1 N–H and O–H groups in total. The normalized spacial score (nSPS) is 32.2. The molecule has 13 heavy (non-hydrogen) atoms. The summed E-state index contributed by atoms with van der Waals surface area (Å²) in [6.07, 6.45) is 6.65. The van der Waals surface area contributed by atoms with Gasteiger partial charge < -0.3 is 9.84 Å². The lowest BCUT2D eigenvalue weighted by Gasteiger charge is -2.15. The Labute approximate surface area is 73.5 Å². The molecule has 2 bridgehead atoms. The highest BCUT2D eigenvalue weighted by molar-refractivity contribution is 6.01. The van der Waals surface area contributed by atoms with Gasteiger partial charge in [-0.3, -0.25) is 4.99 Å². The Balaban J connectivity index is 2.26. The molecular weight excluding hydrogens is 170 g/mol. The van der Waals surface area contributed by atoms with Crippen LogP contribution in [0.5, 0.6) is 0 Å². The van der Waals surface area contributed by atoms with Crippen LogP contribution in [0.15, 0.2) is 40.2 Å². The van der Waals surface area contributed by atoms with E-state index in [1.165, 1.54) is 0 Å². The number of fused-ring (bicyclic) bond motifs is 1. The third kappa shape index (κ3) is 0.580. The van der Waals surface area contributed by atoms with Crippen LogP contribution in [0.1, 0.15) is 0 Å². The molecule has 1 atom stereocenters. The number of ether oxygens (including phenoxy) is 1. The highest BCUT2D eigenvalue weighted by Gasteiger charge is 2.50. The van der Waals surface area contributed by atoms with E-state index in [9.17, 15) is 4.79 Å². The third-order valence-electron chi connectivity index (χ3n) is 2.38. The van der Waals surface area contributed by atoms with Crippen LogP contribution in [-0.4, -0.2) is 22.9 Å². The Hall–Kier alpha value is -1.84. The molecule has 3 rings (SSSR count). The Morgan fingerprint density at radius 2 is 2.46 bits per heavy atom. The maximum absolute atomic E-state index is 10.9. The van der Waals surface area contributed by atoms with Crippen LogP contribution in [0.2, 0.25) is 0 Å². The summed E-state index contributed by atoms with van der Waals surface area (Å²) >= 11 is 0. The summed E-state index contributed by atoms with van der Waals surface area (Å²) in [6.45, 7) is 0. The molecule has 1 spiro atoms. The van der Waals surface area contributed by atoms with Crippen molar-refractivity contribution in [1.29, 1.82) is 0 Å². The minimum absolute atomic E-state index is 0.236. The summed E-state index contributed by atoms with van der Waals surface area (Å²) in [6, 6.07) is 0. The molecule has 1 unspecified atom stereocenters. The maximum Gasteiger partial charge on any atom is 0.340 e. The average Bonchev–Trinajstić information content (AvgIpc) is 2.67. The Bertz CT molecular complexity index is 442. The number of hydrogen-bond acceptors (Lipinski definition) is 3. The first-order valence-corrected chi connectivity index (χ1v) is 3.84. The number of nitrogens with zero attached hydrogens (tertiary/aromatic N) is 1. The van der Waals surface area contributed by atoms with Gasteiger partial charge in [0, 0.05) is 11.8 Å². The van der Waals surface area contributed by atoms with Gasteiger partial charge in [0.2, 0.25) is 0 Å². The van der Waals surface area contributed by atoms with E-state index < -0.39 is 11.6 Å². The van der Waals surface area contributed by atoms with Crippen molar-refractivity contribution in [2.75, 3.05) is 0 Å². The molecule has 0 aromatic heterocycles.